The highest BCUT2D eigenvalue weighted by atomic mass is 16.6. The zero-order chi connectivity index (χ0) is 24.5. The Morgan fingerprint density at radius 1 is 0.914 bits per heavy atom. The second-order valence-corrected chi connectivity index (χ2v) is 9.23. The molecule has 0 bridgehead atoms. The molecule has 2 unspecified atom stereocenters. The van der Waals surface area contributed by atoms with Crippen molar-refractivity contribution in [3.05, 3.63) is 107 Å². The Kier molecular flexibility index (Phi) is 8.69. The van der Waals surface area contributed by atoms with Crippen molar-refractivity contribution in [3.8, 4) is 0 Å². The van der Waals surface area contributed by atoms with Gasteiger partial charge in [0.25, 0.3) is 0 Å². The van der Waals surface area contributed by atoms with E-state index in [1.165, 1.54) is 0 Å². The number of carbonyl (C=O) groups is 1. The largest absolute Gasteiger partial charge is 0.458 e. The van der Waals surface area contributed by atoms with Crippen molar-refractivity contribution in [3.63, 3.8) is 0 Å². The van der Waals surface area contributed by atoms with Crippen LogP contribution >= 0.6 is 0 Å². The van der Waals surface area contributed by atoms with E-state index < -0.39 is 5.60 Å². The van der Waals surface area contributed by atoms with Gasteiger partial charge in [-0.15, -0.1) is 0 Å². The summed E-state index contributed by atoms with van der Waals surface area (Å²) in [6.45, 7) is 5.14. The molecule has 0 aromatic heterocycles. The maximum Gasteiger partial charge on any atom is 0.348 e. The van der Waals surface area contributed by atoms with E-state index >= 15 is 0 Å². The normalized spacial score (nSPS) is 17.7. The molecule has 3 aromatic rings. The lowest BCUT2D eigenvalue weighted by molar-refractivity contribution is -0.174. The Bertz CT molecular complexity index is 1050. The van der Waals surface area contributed by atoms with Crippen molar-refractivity contribution in [2.24, 2.45) is 0 Å². The topological polar surface area (TPSA) is 48.0 Å². The molecule has 1 aliphatic rings. The molecule has 1 fully saturated rings. The summed E-state index contributed by atoms with van der Waals surface area (Å²) in [5, 5.41) is 0. The molecule has 3 aromatic carbocycles. The second-order valence-electron chi connectivity index (χ2n) is 9.23. The fourth-order valence-electron chi connectivity index (χ4n) is 4.46. The monoisotopic (exact) mass is 473 g/mol. The number of aryl methyl sites for hydroxylation is 1. The molecular formula is C30H35NO4. The van der Waals surface area contributed by atoms with Gasteiger partial charge in [0.15, 0.2) is 0 Å². The number of carbonyl (C=O) groups excluding carboxylic acids is 1. The number of hydrogen-bond acceptors (Lipinski definition) is 5. The predicted octanol–water partition coefficient (Wildman–Crippen LogP) is 5.11. The summed E-state index contributed by atoms with van der Waals surface area (Å²) < 4.78 is 18.5. The van der Waals surface area contributed by atoms with Crippen LogP contribution in [0.2, 0.25) is 0 Å². The van der Waals surface area contributed by atoms with Crippen molar-refractivity contribution >= 4 is 5.97 Å². The molecule has 0 N–H and O–H groups in total. The smallest absolute Gasteiger partial charge is 0.348 e. The molecule has 5 nitrogen and oxygen atoms in total. The third-order valence-electron chi connectivity index (χ3n) is 6.41. The standard InChI is InChI=1S/C30H35NO4/c1-24-14-16-27(17-15-24)30(26-12-7-4-8-13-26,29(32)35-28-18-19-31(2)22-28)34-21-9-20-33-23-25-10-5-3-6-11-25/h3-8,10-17,28H,9,18-23H2,1-2H3. The Labute approximate surface area is 208 Å². The summed E-state index contributed by atoms with van der Waals surface area (Å²) in [4.78, 5) is 16.1. The predicted molar refractivity (Wildman–Crippen MR) is 137 cm³/mol. The SMILES string of the molecule is Cc1ccc(C(OCCCOCc2ccccc2)(C(=O)OC2CCN(C)C2)c2ccccc2)cc1. The van der Waals surface area contributed by atoms with Gasteiger partial charge in [-0.1, -0.05) is 90.5 Å². The molecule has 2 atom stereocenters. The Morgan fingerprint density at radius 2 is 1.57 bits per heavy atom. The van der Waals surface area contributed by atoms with Crippen molar-refractivity contribution < 1.29 is 19.0 Å². The van der Waals surface area contributed by atoms with E-state index in [0.717, 1.165) is 41.8 Å². The molecule has 5 heteroatoms. The van der Waals surface area contributed by atoms with Crippen LogP contribution in [-0.2, 0) is 31.2 Å². The van der Waals surface area contributed by atoms with E-state index in [2.05, 4.69) is 4.90 Å². The maximum absolute atomic E-state index is 13.9. The fraction of sp³-hybridized carbons (Fsp3) is 0.367. The van der Waals surface area contributed by atoms with Gasteiger partial charge in [-0.3, -0.25) is 0 Å². The Hall–Kier alpha value is -2.99. The van der Waals surface area contributed by atoms with Gasteiger partial charge in [-0.05, 0) is 43.5 Å². The first-order valence-electron chi connectivity index (χ1n) is 12.4. The van der Waals surface area contributed by atoms with E-state index in [4.69, 9.17) is 14.2 Å². The Morgan fingerprint density at radius 3 is 2.23 bits per heavy atom. The van der Waals surface area contributed by atoms with E-state index in [-0.39, 0.29) is 12.1 Å². The van der Waals surface area contributed by atoms with Gasteiger partial charge in [0.05, 0.1) is 13.2 Å². The van der Waals surface area contributed by atoms with Crippen LogP contribution < -0.4 is 0 Å². The van der Waals surface area contributed by atoms with E-state index in [1.807, 2.05) is 98.9 Å². The summed E-state index contributed by atoms with van der Waals surface area (Å²) in [5.74, 6) is -0.363. The zero-order valence-corrected chi connectivity index (χ0v) is 20.7. The lowest BCUT2D eigenvalue weighted by Crippen LogP contribution is -2.43. The van der Waals surface area contributed by atoms with E-state index in [1.54, 1.807) is 0 Å². The van der Waals surface area contributed by atoms with Crippen LogP contribution in [-0.4, -0.2) is 50.3 Å². The summed E-state index contributed by atoms with van der Waals surface area (Å²) in [6, 6.07) is 27.7. The maximum atomic E-state index is 13.9. The average molecular weight is 474 g/mol. The summed E-state index contributed by atoms with van der Waals surface area (Å²) in [7, 11) is 2.05. The van der Waals surface area contributed by atoms with Crippen LogP contribution in [0, 0.1) is 6.92 Å². The first kappa shape index (κ1) is 25.1. The van der Waals surface area contributed by atoms with Gasteiger partial charge in [0, 0.05) is 19.7 Å². The number of likely N-dealkylation sites (N-methyl/N-ethyl adjacent to an activating group) is 1. The van der Waals surface area contributed by atoms with Crippen LogP contribution in [0.25, 0.3) is 0 Å². The number of likely N-dealkylation sites (tertiary alicyclic amines) is 1. The van der Waals surface area contributed by atoms with Gasteiger partial charge < -0.3 is 19.1 Å². The van der Waals surface area contributed by atoms with Crippen molar-refractivity contribution in [1.29, 1.82) is 0 Å². The van der Waals surface area contributed by atoms with Crippen molar-refractivity contribution in [2.45, 2.75) is 38.1 Å². The van der Waals surface area contributed by atoms with E-state index in [0.29, 0.717) is 26.2 Å². The molecule has 35 heavy (non-hydrogen) atoms. The molecular weight excluding hydrogens is 438 g/mol. The van der Waals surface area contributed by atoms with Gasteiger partial charge in [0.2, 0.25) is 5.60 Å². The number of benzene rings is 3. The minimum Gasteiger partial charge on any atom is -0.458 e. The number of hydrogen-bond donors (Lipinski definition) is 0. The molecule has 0 saturated carbocycles. The average Bonchev–Trinajstić information content (AvgIpc) is 3.30. The molecule has 0 spiro atoms. The molecule has 0 amide bonds. The molecule has 0 radical (unpaired) electrons. The van der Waals surface area contributed by atoms with Crippen LogP contribution in [0.5, 0.6) is 0 Å². The number of esters is 1. The highest BCUT2D eigenvalue weighted by Crippen LogP contribution is 2.36. The summed E-state index contributed by atoms with van der Waals surface area (Å²) >= 11 is 0. The quantitative estimate of drug-likeness (QED) is 0.286. The molecule has 4 rings (SSSR count). The zero-order valence-electron chi connectivity index (χ0n) is 20.7. The van der Waals surface area contributed by atoms with E-state index in [9.17, 15) is 4.79 Å². The van der Waals surface area contributed by atoms with Crippen LogP contribution in [0.3, 0.4) is 0 Å². The summed E-state index contributed by atoms with van der Waals surface area (Å²) in [6.07, 6.45) is 1.35. The van der Waals surface area contributed by atoms with Gasteiger partial charge in [0.1, 0.15) is 6.10 Å². The summed E-state index contributed by atoms with van der Waals surface area (Å²) in [5.41, 5.74) is 2.46. The minimum atomic E-state index is -1.34. The lowest BCUT2D eigenvalue weighted by atomic mass is 9.85. The number of ether oxygens (including phenoxy) is 3. The van der Waals surface area contributed by atoms with Crippen LogP contribution in [0.15, 0.2) is 84.9 Å². The second kappa shape index (κ2) is 12.1. The van der Waals surface area contributed by atoms with Gasteiger partial charge >= 0.3 is 5.97 Å². The third-order valence-corrected chi connectivity index (χ3v) is 6.41. The first-order valence-corrected chi connectivity index (χ1v) is 12.4. The lowest BCUT2D eigenvalue weighted by Gasteiger charge is -2.34. The Balaban J connectivity index is 1.53. The van der Waals surface area contributed by atoms with Crippen molar-refractivity contribution in [2.75, 3.05) is 33.4 Å². The number of nitrogens with zero attached hydrogens (tertiary/aromatic N) is 1. The van der Waals surface area contributed by atoms with Crippen molar-refractivity contribution in [1.82, 2.24) is 4.90 Å². The molecule has 0 aliphatic carbocycles. The molecule has 1 saturated heterocycles. The van der Waals surface area contributed by atoms with Crippen LogP contribution in [0.4, 0.5) is 0 Å². The highest BCUT2D eigenvalue weighted by molar-refractivity contribution is 5.86. The highest BCUT2D eigenvalue weighted by Gasteiger charge is 2.46. The van der Waals surface area contributed by atoms with Gasteiger partial charge in [-0.25, -0.2) is 4.79 Å². The first-order chi connectivity index (χ1) is 17.1. The minimum absolute atomic E-state index is 0.140. The third kappa shape index (κ3) is 6.37. The number of rotatable bonds is 11. The molecule has 1 aliphatic heterocycles. The van der Waals surface area contributed by atoms with Gasteiger partial charge in [-0.2, -0.15) is 0 Å². The van der Waals surface area contributed by atoms with Crippen LogP contribution in [0.1, 0.15) is 35.1 Å². The fourth-order valence-corrected chi connectivity index (χ4v) is 4.46. The molecule has 184 valence electrons. The molecule has 1 heterocycles.